The van der Waals surface area contributed by atoms with Gasteiger partial charge in [-0.05, 0) is 36.4 Å². The van der Waals surface area contributed by atoms with Crippen LogP contribution in [0.5, 0.6) is 11.5 Å². The highest BCUT2D eigenvalue weighted by atomic mass is 19.2. The van der Waals surface area contributed by atoms with Gasteiger partial charge in [0, 0.05) is 23.4 Å². The van der Waals surface area contributed by atoms with Crippen molar-refractivity contribution in [2.75, 3.05) is 32.7 Å². The Morgan fingerprint density at radius 2 is 1.74 bits per heavy atom. The predicted molar refractivity (Wildman–Crippen MR) is 108 cm³/mol. The summed E-state index contributed by atoms with van der Waals surface area (Å²) in [5.74, 6) is -3.27. The van der Waals surface area contributed by atoms with Crippen molar-refractivity contribution in [3.05, 3.63) is 59.7 Å². The molecule has 0 unspecified atom stereocenters. The number of nitrogens with one attached hydrogen (secondary N) is 2. The fraction of sp³-hybridized carbons (Fsp3) is 0.190. The first kappa shape index (κ1) is 23.3. The number of carbonyl (C=O) groups is 3. The van der Waals surface area contributed by atoms with Crippen LogP contribution in [0, 0.1) is 11.6 Å². The highest BCUT2D eigenvalue weighted by molar-refractivity contribution is 5.95. The van der Waals surface area contributed by atoms with Crippen LogP contribution in [-0.4, -0.2) is 45.2 Å². The van der Waals surface area contributed by atoms with Gasteiger partial charge in [0.2, 0.25) is 5.91 Å². The number of hydrogen-bond acceptors (Lipinski definition) is 6. The molecule has 0 fully saturated rings. The summed E-state index contributed by atoms with van der Waals surface area (Å²) >= 11 is 0. The number of halogens is 2. The van der Waals surface area contributed by atoms with Gasteiger partial charge in [-0.3, -0.25) is 9.59 Å². The number of anilines is 1. The summed E-state index contributed by atoms with van der Waals surface area (Å²) in [5.41, 5.74) is 0.597. The van der Waals surface area contributed by atoms with E-state index in [4.69, 9.17) is 14.2 Å². The van der Waals surface area contributed by atoms with Crippen LogP contribution in [0.25, 0.3) is 6.08 Å². The molecule has 0 bridgehead atoms. The molecule has 8 nitrogen and oxygen atoms in total. The number of ether oxygens (including phenoxy) is 3. The fourth-order valence-corrected chi connectivity index (χ4v) is 2.32. The second kappa shape index (κ2) is 11.3. The maximum absolute atomic E-state index is 13.1. The van der Waals surface area contributed by atoms with Gasteiger partial charge in [0.25, 0.3) is 5.91 Å². The average Bonchev–Trinajstić information content (AvgIpc) is 2.77. The van der Waals surface area contributed by atoms with Gasteiger partial charge in [-0.2, -0.15) is 0 Å². The molecule has 0 saturated heterocycles. The van der Waals surface area contributed by atoms with E-state index in [0.717, 1.165) is 18.2 Å². The number of rotatable bonds is 9. The number of benzene rings is 2. The third-order valence-electron chi connectivity index (χ3n) is 3.83. The highest BCUT2D eigenvalue weighted by Gasteiger charge is 2.10. The van der Waals surface area contributed by atoms with Crippen molar-refractivity contribution in [3.63, 3.8) is 0 Å². The van der Waals surface area contributed by atoms with Crippen LogP contribution in [0.3, 0.4) is 0 Å². The van der Waals surface area contributed by atoms with E-state index in [1.165, 1.54) is 26.4 Å². The van der Waals surface area contributed by atoms with Crippen LogP contribution in [0.4, 0.5) is 14.5 Å². The summed E-state index contributed by atoms with van der Waals surface area (Å²) in [7, 11) is 2.98. The average molecular weight is 434 g/mol. The van der Waals surface area contributed by atoms with Gasteiger partial charge in [-0.15, -0.1) is 0 Å². The molecule has 0 aliphatic heterocycles. The van der Waals surface area contributed by atoms with Crippen LogP contribution in [0.2, 0.25) is 0 Å². The summed E-state index contributed by atoms with van der Waals surface area (Å²) in [6.07, 6.45) is 2.55. The maximum Gasteiger partial charge on any atom is 0.331 e. The van der Waals surface area contributed by atoms with Crippen LogP contribution in [0.1, 0.15) is 5.56 Å². The minimum absolute atomic E-state index is 0.0303. The molecule has 2 rings (SSSR count). The van der Waals surface area contributed by atoms with E-state index in [9.17, 15) is 23.2 Å². The normalized spacial score (nSPS) is 10.5. The zero-order valence-electron chi connectivity index (χ0n) is 16.7. The number of carbonyl (C=O) groups excluding carboxylic acids is 3. The number of esters is 1. The van der Waals surface area contributed by atoms with Crippen LogP contribution < -0.4 is 20.1 Å². The SMILES string of the molecule is COc1ccc(OC)c(/C=C/C(=O)OCC(=O)NCC(=O)Nc2ccc(F)c(F)c2)c1. The summed E-state index contributed by atoms with van der Waals surface area (Å²) in [4.78, 5) is 35.3. The van der Waals surface area contributed by atoms with Crippen molar-refractivity contribution in [2.45, 2.75) is 0 Å². The molecule has 0 heterocycles. The number of hydrogen-bond donors (Lipinski definition) is 2. The molecule has 10 heteroatoms. The lowest BCUT2D eigenvalue weighted by Gasteiger charge is -2.08. The topological polar surface area (TPSA) is 103 Å². The van der Waals surface area contributed by atoms with E-state index in [1.54, 1.807) is 18.2 Å². The summed E-state index contributed by atoms with van der Waals surface area (Å²) in [6, 6.07) is 7.85. The Morgan fingerprint density at radius 1 is 0.968 bits per heavy atom. The van der Waals surface area contributed by atoms with E-state index in [-0.39, 0.29) is 5.69 Å². The molecule has 0 spiro atoms. The van der Waals surface area contributed by atoms with Crippen molar-refractivity contribution in [2.24, 2.45) is 0 Å². The Kier molecular flexibility index (Phi) is 8.50. The zero-order valence-corrected chi connectivity index (χ0v) is 16.7. The Bertz CT molecular complexity index is 994. The Morgan fingerprint density at radius 3 is 2.42 bits per heavy atom. The molecule has 0 aliphatic rings. The molecule has 2 amide bonds. The van der Waals surface area contributed by atoms with Gasteiger partial charge in [0.1, 0.15) is 11.5 Å². The van der Waals surface area contributed by atoms with Gasteiger partial charge in [0.15, 0.2) is 18.2 Å². The first-order valence-corrected chi connectivity index (χ1v) is 8.91. The zero-order chi connectivity index (χ0) is 22.8. The lowest BCUT2D eigenvalue weighted by molar-refractivity contribution is -0.143. The lowest BCUT2D eigenvalue weighted by Crippen LogP contribution is -2.35. The van der Waals surface area contributed by atoms with Gasteiger partial charge >= 0.3 is 5.97 Å². The van der Waals surface area contributed by atoms with Gasteiger partial charge in [-0.25, -0.2) is 13.6 Å². The molecule has 0 aromatic heterocycles. The maximum atomic E-state index is 13.1. The fourth-order valence-electron chi connectivity index (χ4n) is 2.32. The van der Waals surface area contributed by atoms with Gasteiger partial charge in [0.05, 0.1) is 20.8 Å². The molecule has 164 valence electrons. The molecule has 2 aromatic carbocycles. The van der Waals surface area contributed by atoms with Crippen molar-refractivity contribution < 1.29 is 37.4 Å². The van der Waals surface area contributed by atoms with Crippen molar-refractivity contribution in [1.82, 2.24) is 5.32 Å². The Labute approximate surface area is 176 Å². The quantitative estimate of drug-likeness (QED) is 0.464. The molecule has 31 heavy (non-hydrogen) atoms. The minimum atomic E-state index is -1.12. The minimum Gasteiger partial charge on any atom is -0.497 e. The van der Waals surface area contributed by atoms with Crippen LogP contribution in [-0.2, 0) is 19.1 Å². The molecule has 0 saturated carbocycles. The monoisotopic (exact) mass is 434 g/mol. The molecule has 0 radical (unpaired) electrons. The third kappa shape index (κ3) is 7.42. The largest absolute Gasteiger partial charge is 0.497 e. The second-order valence-electron chi connectivity index (χ2n) is 6.00. The predicted octanol–water partition coefficient (Wildman–Crippen LogP) is 2.29. The van der Waals surface area contributed by atoms with Crippen molar-refractivity contribution >= 4 is 29.5 Å². The molecule has 0 atom stereocenters. The first-order chi connectivity index (χ1) is 14.8. The van der Waals surface area contributed by atoms with Crippen LogP contribution in [0.15, 0.2) is 42.5 Å². The first-order valence-electron chi connectivity index (χ1n) is 8.91. The van der Waals surface area contributed by atoms with E-state index in [1.807, 2.05) is 0 Å². The van der Waals surface area contributed by atoms with Crippen LogP contribution >= 0.6 is 0 Å². The number of amides is 2. The van der Waals surface area contributed by atoms with E-state index >= 15 is 0 Å². The van der Waals surface area contributed by atoms with E-state index < -0.39 is 42.6 Å². The molecular formula is C21H20F2N2O6. The molecule has 2 N–H and O–H groups in total. The summed E-state index contributed by atoms with van der Waals surface area (Å²) in [6.45, 7) is -1.07. The smallest absolute Gasteiger partial charge is 0.331 e. The molecule has 0 aliphatic carbocycles. The van der Waals surface area contributed by atoms with Gasteiger partial charge < -0.3 is 24.8 Å². The standard InChI is InChI=1S/C21H20F2N2O6/c1-29-15-5-7-18(30-2)13(9-15)3-8-21(28)31-12-20(27)24-11-19(26)25-14-4-6-16(22)17(23)10-14/h3-10H,11-12H2,1-2H3,(H,24,27)(H,25,26)/b8-3+. The molecule has 2 aromatic rings. The van der Waals surface area contributed by atoms with Gasteiger partial charge in [-0.1, -0.05) is 0 Å². The van der Waals surface area contributed by atoms with Crippen molar-refractivity contribution in [3.8, 4) is 11.5 Å². The van der Waals surface area contributed by atoms with E-state index in [2.05, 4.69) is 10.6 Å². The highest BCUT2D eigenvalue weighted by Crippen LogP contribution is 2.25. The number of methoxy groups -OCH3 is 2. The molecular weight excluding hydrogens is 414 g/mol. The Balaban J connectivity index is 1.78. The summed E-state index contributed by atoms with van der Waals surface area (Å²) in [5, 5.41) is 4.52. The summed E-state index contributed by atoms with van der Waals surface area (Å²) < 4.78 is 41.1. The van der Waals surface area contributed by atoms with E-state index in [0.29, 0.717) is 17.1 Å². The second-order valence-corrected chi connectivity index (χ2v) is 6.00. The lowest BCUT2D eigenvalue weighted by atomic mass is 10.1. The Hall–Kier alpha value is -3.95. The third-order valence-corrected chi connectivity index (χ3v) is 3.83. The van der Waals surface area contributed by atoms with Crippen molar-refractivity contribution in [1.29, 1.82) is 0 Å².